The number of aromatic nitrogens is 2. The molecular weight excluding hydrogens is 384 g/mol. The molecule has 25 heavy (non-hydrogen) atoms. The van der Waals surface area contributed by atoms with Gasteiger partial charge in [0, 0.05) is 10.2 Å². The quantitative estimate of drug-likeness (QED) is 0.656. The van der Waals surface area contributed by atoms with Gasteiger partial charge < -0.3 is 15.4 Å². The molecule has 0 spiro atoms. The molecule has 1 aromatic heterocycles. The van der Waals surface area contributed by atoms with E-state index in [0.717, 1.165) is 10.2 Å². The second-order valence-corrected chi connectivity index (χ2v) is 6.00. The molecule has 3 rings (SSSR count). The van der Waals surface area contributed by atoms with E-state index in [2.05, 4.69) is 36.8 Å². The predicted octanol–water partition coefficient (Wildman–Crippen LogP) is 4.00. The number of halogens is 1. The highest BCUT2D eigenvalue weighted by atomic mass is 79.9. The van der Waals surface area contributed by atoms with Crippen molar-refractivity contribution < 1.29 is 9.53 Å². The lowest BCUT2D eigenvalue weighted by Crippen LogP contribution is -2.21. The second kappa shape index (κ2) is 8.25. The first-order valence-electron chi connectivity index (χ1n) is 7.53. The summed E-state index contributed by atoms with van der Waals surface area (Å²) in [5, 5.41) is 13.8. The third kappa shape index (κ3) is 5.29. The average molecular weight is 399 g/mol. The fourth-order valence-electron chi connectivity index (χ4n) is 2.02. The van der Waals surface area contributed by atoms with E-state index in [1.54, 1.807) is 24.3 Å². The number of hydrogen-bond donors (Lipinski definition) is 2. The van der Waals surface area contributed by atoms with Gasteiger partial charge in [0.1, 0.15) is 5.75 Å². The van der Waals surface area contributed by atoms with Gasteiger partial charge in [0.05, 0.1) is 0 Å². The maximum absolute atomic E-state index is 11.9. The smallest absolute Gasteiger partial charge is 0.263 e. The number of rotatable bonds is 6. The van der Waals surface area contributed by atoms with Crippen molar-refractivity contribution in [3.8, 4) is 5.75 Å². The van der Waals surface area contributed by atoms with Gasteiger partial charge in [0.15, 0.2) is 18.2 Å². The van der Waals surface area contributed by atoms with Crippen LogP contribution in [0.5, 0.6) is 5.75 Å². The largest absolute Gasteiger partial charge is 0.484 e. The Kier molecular flexibility index (Phi) is 5.58. The first-order chi connectivity index (χ1) is 12.2. The van der Waals surface area contributed by atoms with Crippen molar-refractivity contribution in [3.05, 3.63) is 71.2 Å². The number of carbonyl (C=O) groups is 1. The molecule has 0 aliphatic heterocycles. The van der Waals surface area contributed by atoms with Gasteiger partial charge in [-0.3, -0.25) is 4.79 Å². The monoisotopic (exact) mass is 398 g/mol. The number of nitrogens with zero attached hydrogens (tertiary/aromatic N) is 2. The second-order valence-electron chi connectivity index (χ2n) is 5.09. The highest BCUT2D eigenvalue weighted by Crippen LogP contribution is 2.19. The normalized spacial score (nSPS) is 10.1. The van der Waals surface area contributed by atoms with E-state index >= 15 is 0 Å². The van der Waals surface area contributed by atoms with E-state index in [1.165, 1.54) is 0 Å². The Morgan fingerprint density at radius 3 is 2.44 bits per heavy atom. The molecule has 1 amide bonds. The van der Waals surface area contributed by atoms with Gasteiger partial charge in [0.25, 0.3) is 5.91 Å². The van der Waals surface area contributed by atoms with Crippen LogP contribution < -0.4 is 15.4 Å². The van der Waals surface area contributed by atoms with Gasteiger partial charge in [-0.25, -0.2) is 0 Å². The summed E-state index contributed by atoms with van der Waals surface area (Å²) < 4.78 is 6.34. The SMILES string of the molecule is O=C(COc1ccccc1)Nc1ccc(Nc2cccc(Br)c2)nn1. The fraction of sp³-hybridized carbons (Fsp3) is 0.0556. The third-order valence-corrected chi connectivity index (χ3v) is 3.64. The van der Waals surface area contributed by atoms with Crippen molar-refractivity contribution in [2.75, 3.05) is 17.2 Å². The molecule has 1 heterocycles. The van der Waals surface area contributed by atoms with E-state index in [-0.39, 0.29) is 12.5 Å². The zero-order chi connectivity index (χ0) is 17.5. The van der Waals surface area contributed by atoms with Crippen LogP contribution in [0, 0.1) is 0 Å². The molecule has 0 atom stereocenters. The Hall–Kier alpha value is -2.93. The standard InChI is InChI=1S/C18H15BrN4O2/c19-13-5-4-6-14(11-13)20-16-9-10-17(23-22-16)21-18(24)12-25-15-7-2-1-3-8-15/h1-11H,12H2,(H,20,22)(H,21,23,24). The van der Waals surface area contributed by atoms with Crippen LogP contribution in [-0.2, 0) is 4.79 Å². The summed E-state index contributed by atoms with van der Waals surface area (Å²) >= 11 is 3.41. The topological polar surface area (TPSA) is 76.1 Å². The molecule has 0 saturated carbocycles. The van der Waals surface area contributed by atoms with Crippen molar-refractivity contribution in [1.82, 2.24) is 10.2 Å². The minimum Gasteiger partial charge on any atom is -0.484 e. The van der Waals surface area contributed by atoms with Crippen LogP contribution in [0.1, 0.15) is 0 Å². The number of nitrogens with one attached hydrogen (secondary N) is 2. The van der Waals surface area contributed by atoms with Crippen molar-refractivity contribution in [1.29, 1.82) is 0 Å². The minimum atomic E-state index is -0.300. The average Bonchev–Trinajstić information content (AvgIpc) is 2.63. The Morgan fingerprint density at radius 1 is 0.960 bits per heavy atom. The predicted molar refractivity (Wildman–Crippen MR) is 100 cm³/mol. The molecule has 2 aromatic carbocycles. The van der Waals surface area contributed by atoms with Crippen molar-refractivity contribution >= 4 is 39.2 Å². The first-order valence-corrected chi connectivity index (χ1v) is 8.32. The maximum atomic E-state index is 11.9. The number of ether oxygens (including phenoxy) is 1. The summed E-state index contributed by atoms with van der Waals surface area (Å²) in [7, 11) is 0. The molecule has 0 unspecified atom stereocenters. The number of benzene rings is 2. The van der Waals surface area contributed by atoms with Crippen LogP contribution in [0.25, 0.3) is 0 Å². The third-order valence-electron chi connectivity index (χ3n) is 3.14. The summed E-state index contributed by atoms with van der Waals surface area (Å²) in [6.45, 7) is -0.0935. The first kappa shape index (κ1) is 16.9. The van der Waals surface area contributed by atoms with E-state index in [1.807, 2.05) is 42.5 Å². The Morgan fingerprint density at radius 2 is 1.72 bits per heavy atom. The molecule has 0 fully saturated rings. The van der Waals surface area contributed by atoms with Gasteiger partial charge in [-0.1, -0.05) is 40.2 Å². The summed E-state index contributed by atoms with van der Waals surface area (Å²) in [5.41, 5.74) is 0.886. The Labute approximate surface area is 153 Å². The van der Waals surface area contributed by atoms with Crippen LogP contribution in [0.15, 0.2) is 71.2 Å². The van der Waals surface area contributed by atoms with E-state index in [0.29, 0.717) is 17.4 Å². The molecule has 2 N–H and O–H groups in total. The summed E-state index contributed by atoms with van der Waals surface area (Å²) in [6.07, 6.45) is 0. The Bertz CT molecular complexity index is 841. The van der Waals surface area contributed by atoms with Crippen LogP contribution in [0.2, 0.25) is 0 Å². The van der Waals surface area contributed by atoms with E-state index in [9.17, 15) is 4.79 Å². The van der Waals surface area contributed by atoms with Gasteiger partial charge in [0.2, 0.25) is 0 Å². The molecule has 0 aliphatic carbocycles. The highest BCUT2D eigenvalue weighted by Gasteiger charge is 2.05. The van der Waals surface area contributed by atoms with E-state index < -0.39 is 0 Å². The summed E-state index contributed by atoms with van der Waals surface area (Å²) in [5.74, 6) is 1.28. The van der Waals surface area contributed by atoms with Gasteiger partial charge >= 0.3 is 0 Å². The molecule has 7 heteroatoms. The summed E-state index contributed by atoms with van der Waals surface area (Å²) in [6, 6.07) is 20.3. The lowest BCUT2D eigenvalue weighted by atomic mass is 10.3. The van der Waals surface area contributed by atoms with Crippen LogP contribution in [-0.4, -0.2) is 22.7 Å². The number of amides is 1. The molecule has 0 saturated heterocycles. The molecule has 6 nitrogen and oxygen atoms in total. The molecular formula is C18H15BrN4O2. The van der Waals surface area contributed by atoms with Crippen molar-refractivity contribution in [2.45, 2.75) is 0 Å². The molecule has 126 valence electrons. The van der Waals surface area contributed by atoms with Crippen LogP contribution >= 0.6 is 15.9 Å². The lowest BCUT2D eigenvalue weighted by molar-refractivity contribution is -0.118. The minimum absolute atomic E-state index is 0.0935. The number of hydrogen-bond acceptors (Lipinski definition) is 5. The molecule has 0 bridgehead atoms. The molecule has 0 aliphatic rings. The number of anilines is 3. The maximum Gasteiger partial charge on any atom is 0.263 e. The highest BCUT2D eigenvalue weighted by molar-refractivity contribution is 9.10. The fourth-order valence-corrected chi connectivity index (χ4v) is 2.42. The van der Waals surface area contributed by atoms with Crippen molar-refractivity contribution in [3.63, 3.8) is 0 Å². The Balaban J connectivity index is 1.52. The van der Waals surface area contributed by atoms with E-state index in [4.69, 9.17) is 4.74 Å². The van der Waals surface area contributed by atoms with Gasteiger partial charge in [-0.15, -0.1) is 10.2 Å². The molecule has 3 aromatic rings. The van der Waals surface area contributed by atoms with Crippen molar-refractivity contribution in [2.24, 2.45) is 0 Å². The lowest BCUT2D eigenvalue weighted by Gasteiger charge is -2.08. The zero-order valence-corrected chi connectivity index (χ0v) is 14.7. The van der Waals surface area contributed by atoms with Crippen LogP contribution in [0.3, 0.4) is 0 Å². The molecule has 0 radical (unpaired) electrons. The zero-order valence-electron chi connectivity index (χ0n) is 13.1. The number of carbonyl (C=O) groups excluding carboxylic acids is 1. The summed E-state index contributed by atoms with van der Waals surface area (Å²) in [4.78, 5) is 11.9. The van der Waals surface area contributed by atoms with Crippen LogP contribution in [0.4, 0.5) is 17.3 Å². The van der Waals surface area contributed by atoms with Gasteiger partial charge in [-0.05, 0) is 42.5 Å². The van der Waals surface area contributed by atoms with Gasteiger partial charge in [-0.2, -0.15) is 0 Å². The number of para-hydroxylation sites is 1.